The lowest BCUT2D eigenvalue weighted by molar-refractivity contribution is -0.0561. The molecule has 7 rings (SSSR count). The molecule has 3 aliphatic rings. The Balaban J connectivity index is 1.18. The largest absolute Gasteiger partial charge is 0.386 e. The molecule has 0 bridgehead atoms. The first kappa shape index (κ1) is 31.7. The molecule has 0 saturated carbocycles. The maximum absolute atomic E-state index is 13.4. The number of fused-ring (bicyclic) bond motifs is 4. The van der Waals surface area contributed by atoms with E-state index in [-0.39, 0.29) is 34.2 Å². The molecule has 10 atom stereocenters. The number of aliphatic hydroxyl groups is 2. The SMILES string of the molecule is Nc1nc2c(ncn2C2OC3CO[P@@](=O)(S)OC4[C@@H](CO[P@@](=O)(S)O[C@@H]3C2O)O[C@@H](n2cnc3c(=O)[nH]c(N)nc32)[C@H]4O)c(=O)[nH]1. The van der Waals surface area contributed by atoms with Crippen molar-refractivity contribution in [3.8, 4) is 0 Å². The summed E-state index contributed by atoms with van der Waals surface area (Å²) < 4.78 is 63.2. The first-order valence-corrected chi connectivity index (χ1v) is 18.5. The van der Waals surface area contributed by atoms with Gasteiger partial charge in [-0.15, -0.1) is 0 Å². The van der Waals surface area contributed by atoms with Crippen molar-refractivity contribution in [3.05, 3.63) is 33.4 Å². The normalized spacial score (nSPS) is 37.1. The van der Waals surface area contributed by atoms with Gasteiger partial charge in [0.05, 0.1) is 25.9 Å². The topological polar surface area (TPSA) is 309 Å². The van der Waals surface area contributed by atoms with Gasteiger partial charge in [0.25, 0.3) is 11.1 Å². The maximum Gasteiger partial charge on any atom is 0.386 e. The molecule has 3 saturated heterocycles. The third kappa shape index (κ3) is 5.56. The van der Waals surface area contributed by atoms with Crippen LogP contribution in [0.1, 0.15) is 12.5 Å². The number of rotatable bonds is 2. The average Bonchev–Trinajstić information content (AvgIpc) is 3.72. The van der Waals surface area contributed by atoms with Crippen LogP contribution < -0.4 is 22.6 Å². The minimum absolute atomic E-state index is 0.0429. The fraction of sp³-hybridized carbons (Fsp3) is 0.500. The molecule has 4 unspecified atom stereocenters. The number of imidazole rings is 2. The first-order chi connectivity index (χ1) is 21.7. The van der Waals surface area contributed by atoms with Gasteiger partial charge in [0.15, 0.2) is 34.8 Å². The molecule has 0 aliphatic carbocycles. The Kier molecular flexibility index (Phi) is 7.85. The first-order valence-electron chi connectivity index (χ1n) is 13.1. The Morgan fingerprint density at radius 2 is 1.17 bits per heavy atom. The molecule has 0 radical (unpaired) electrons. The third-order valence-corrected chi connectivity index (χ3v) is 10.6. The molecule has 4 aromatic rings. The van der Waals surface area contributed by atoms with E-state index < -0.39 is 87.0 Å². The molecule has 3 aliphatic heterocycles. The zero-order chi connectivity index (χ0) is 32.7. The summed E-state index contributed by atoms with van der Waals surface area (Å²) in [6, 6.07) is 0. The van der Waals surface area contributed by atoms with Crippen molar-refractivity contribution in [1.29, 1.82) is 0 Å². The molecule has 0 spiro atoms. The highest BCUT2D eigenvalue weighted by Gasteiger charge is 2.53. The van der Waals surface area contributed by atoms with E-state index in [2.05, 4.69) is 54.4 Å². The summed E-state index contributed by atoms with van der Waals surface area (Å²) in [5.74, 6) is -0.460. The quantitative estimate of drug-likeness (QED) is 0.0892. The fourth-order valence-electron chi connectivity index (χ4n) is 5.39. The zero-order valence-corrected chi connectivity index (χ0v) is 26.4. The number of aromatic amines is 2. The maximum atomic E-state index is 13.4. The number of nitrogen functional groups attached to an aromatic ring is 2. The van der Waals surface area contributed by atoms with E-state index in [0.29, 0.717) is 0 Å². The van der Waals surface area contributed by atoms with Crippen LogP contribution in [0.25, 0.3) is 22.3 Å². The number of hydrogen-bond donors (Lipinski definition) is 8. The molecule has 4 aromatic heterocycles. The van der Waals surface area contributed by atoms with Crippen molar-refractivity contribution in [1.82, 2.24) is 39.0 Å². The molecule has 7 heterocycles. The molecule has 248 valence electrons. The molecule has 3 fully saturated rings. The van der Waals surface area contributed by atoms with Crippen LogP contribution in [0.5, 0.6) is 0 Å². The summed E-state index contributed by atoms with van der Waals surface area (Å²) in [5.41, 5.74) is 9.74. The average molecular weight is 723 g/mol. The summed E-state index contributed by atoms with van der Waals surface area (Å²) in [6.45, 7) is -9.96. The van der Waals surface area contributed by atoms with Crippen LogP contribution >= 0.6 is 38.1 Å². The van der Waals surface area contributed by atoms with Gasteiger partial charge >= 0.3 is 13.6 Å². The summed E-state index contributed by atoms with van der Waals surface area (Å²) >= 11 is 8.07. The lowest BCUT2D eigenvalue weighted by Gasteiger charge is -2.28. The van der Waals surface area contributed by atoms with Gasteiger partial charge in [-0.2, -0.15) is 9.97 Å². The van der Waals surface area contributed by atoms with E-state index in [0.717, 1.165) is 12.7 Å². The number of aromatic nitrogens is 8. The van der Waals surface area contributed by atoms with Gasteiger partial charge in [-0.3, -0.25) is 46.8 Å². The number of nitrogens with two attached hydrogens (primary N) is 2. The molecule has 0 amide bonds. The van der Waals surface area contributed by atoms with Crippen LogP contribution in [-0.4, -0.2) is 99.1 Å². The molecule has 22 nitrogen and oxygen atoms in total. The fourth-order valence-corrected chi connectivity index (χ4v) is 8.37. The number of thiol groups is 2. The molecule has 8 N–H and O–H groups in total. The lowest BCUT2D eigenvalue weighted by Crippen LogP contribution is -2.38. The summed E-state index contributed by atoms with van der Waals surface area (Å²) in [5, 5.41) is 22.5. The van der Waals surface area contributed by atoms with Gasteiger partial charge in [0.2, 0.25) is 11.9 Å². The Bertz CT molecular complexity index is 1910. The monoisotopic (exact) mass is 722 g/mol. The third-order valence-electron chi connectivity index (χ3n) is 7.38. The Morgan fingerprint density at radius 3 is 1.57 bits per heavy atom. The van der Waals surface area contributed by atoms with E-state index in [4.69, 9.17) is 39.0 Å². The van der Waals surface area contributed by atoms with Gasteiger partial charge in [0, 0.05) is 0 Å². The smallest absolute Gasteiger partial charge is 0.386 e. The van der Waals surface area contributed by atoms with Gasteiger partial charge in [-0.05, 0) is 0 Å². The minimum Gasteiger partial charge on any atom is -0.386 e. The summed E-state index contributed by atoms with van der Waals surface area (Å²) in [4.78, 5) is 45.2. The standard InChI is InChI=1S/C20H24N10O12P2S2/c21-19-25-13-7(15(33)27-19)23-3-29(13)17-9(31)11-5(39-17)1-37-43(35,45)42-12-6(2-38-44(36,46)41-11)40-18(10(12)32)30-4-24-8-14(30)26-20(22)28-16(8)34/h3-6,9-12,17-18,31-32H,1-2H2,(H,35,45)(H,36,46)(H3,21,25,27,33)(H3,22,26,28,34)/t5-,6?,9+,10?,11?,12+,17-,18?,43-,44-/m1/s1. The van der Waals surface area contributed by atoms with Gasteiger partial charge in [-0.25, -0.2) is 19.1 Å². The number of H-pyrrole nitrogens is 2. The van der Waals surface area contributed by atoms with Crippen molar-refractivity contribution in [2.75, 3.05) is 24.7 Å². The van der Waals surface area contributed by atoms with E-state index >= 15 is 0 Å². The van der Waals surface area contributed by atoms with Crippen molar-refractivity contribution in [2.45, 2.75) is 49.1 Å². The summed E-state index contributed by atoms with van der Waals surface area (Å²) in [6.07, 6.45) is -9.18. The van der Waals surface area contributed by atoms with Crippen LogP contribution in [0, 0.1) is 0 Å². The second-order valence-electron chi connectivity index (χ2n) is 10.3. The highest BCUT2D eigenvalue weighted by atomic mass is 32.7. The van der Waals surface area contributed by atoms with Gasteiger partial charge in [0.1, 0.15) is 36.6 Å². The molecular weight excluding hydrogens is 698 g/mol. The zero-order valence-electron chi connectivity index (χ0n) is 22.8. The number of ether oxygens (including phenoxy) is 2. The molecular formula is C20H24N10O12P2S2. The Morgan fingerprint density at radius 1 is 0.783 bits per heavy atom. The van der Waals surface area contributed by atoms with E-state index in [1.54, 1.807) is 0 Å². The second-order valence-corrected chi connectivity index (χ2v) is 16.1. The lowest BCUT2D eigenvalue weighted by atomic mass is 10.1. The van der Waals surface area contributed by atoms with Crippen molar-refractivity contribution >= 4 is 72.3 Å². The number of anilines is 2. The number of hydrogen-bond acceptors (Lipinski definition) is 18. The van der Waals surface area contributed by atoms with Crippen LogP contribution in [0.2, 0.25) is 0 Å². The highest BCUT2D eigenvalue weighted by molar-refractivity contribution is 8.44. The highest BCUT2D eigenvalue weighted by Crippen LogP contribution is 2.60. The number of nitrogens with zero attached hydrogens (tertiary/aromatic N) is 6. The van der Waals surface area contributed by atoms with Crippen LogP contribution in [0.3, 0.4) is 0 Å². The van der Waals surface area contributed by atoms with Gasteiger partial charge in [-0.1, -0.05) is 24.5 Å². The van der Waals surface area contributed by atoms with Crippen molar-refractivity contribution in [3.63, 3.8) is 0 Å². The van der Waals surface area contributed by atoms with E-state index in [9.17, 15) is 28.9 Å². The van der Waals surface area contributed by atoms with Gasteiger partial charge < -0.3 is 31.2 Å². The molecule has 0 aromatic carbocycles. The Labute approximate surface area is 265 Å². The van der Waals surface area contributed by atoms with E-state index in [1.807, 2.05) is 0 Å². The van der Waals surface area contributed by atoms with Crippen LogP contribution in [0.4, 0.5) is 11.9 Å². The molecule has 46 heavy (non-hydrogen) atoms. The summed E-state index contributed by atoms with van der Waals surface area (Å²) in [7, 11) is 0. The predicted octanol–water partition coefficient (Wildman–Crippen LogP) is -1.17. The minimum atomic E-state index is -4.36. The van der Waals surface area contributed by atoms with E-state index in [1.165, 1.54) is 9.13 Å². The number of aliphatic hydroxyl groups excluding tert-OH is 2. The predicted molar refractivity (Wildman–Crippen MR) is 160 cm³/mol. The van der Waals surface area contributed by atoms with Crippen LogP contribution in [-0.2, 0) is 36.7 Å². The second kappa shape index (κ2) is 11.4. The van der Waals surface area contributed by atoms with Crippen LogP contribution in [0.15, 0.2) is 22.2 Å². The molecule has 26 heteroatoms. The van der Waals surface area contributed by atoms with Crippen molar-refractivity contribution < 1.29 is 46.9 Å². The number of nitrogens with one attached hydrogen (secondary N) is 2. The Hall–Kier alpha value is -2.86. The van der Waals surface area contributed by atoms with Crippen molar-refractivity contribution in [2.24, 2.45) is 0 Å².